The lowest BCUT2D eigenvalue weighted by Gasteiger charge is -2.35. The van der Waals surface area contributed by atoms with Gasteiger partial charge in [0.25, 0.3) is 0 Å². The summed E-state index contributed by atoms with van der Waals surface area (Å²) in [5, 5.41) is 14.6. The highest BCUT2D eigenvalue weighted by molar-refractivity contribution is 7.89. The number of alkyl carbamates (subject to hydrolysis) is 1. The van der Waals surface area contributed by atoms with Crippen molar-refractivity contribution in [1.82, 2.24) is 14.3 Å². The van der Waals surface area contributed by atoms with E-state index in [-0.39, 0.29) is 60.9 Å². The van der Waals surface area contributed by atoms with Gasteiger partial charge in [-0.3, -0.25) is 0 Å². The van der Waals surface area contributed by atoms with Gasteiger partial charge in [-0.05, 0) is 73.1 Å². The number of sulfonamides is 2. The van der Waals surface area contributed by atoms with Gasteiger partial charge < -0.3 is 34.1 Å². The molecule has 0 saturated carbocycles. The van der Waals surface area contributed by atoms with E-state index in [9.17, 15) is 31.1 Å². The standard InChI is InChI=1S/C38H48FN3O11S2/c1-38(2,17-6-7-18-40-54(45,46)28-12-10-27(39)11-13-28)24-42(55(47,48)29-14-15-33-34(21-29)52-25-51-33)22-32(43)31(20-26-8-4-3-5-9-26)41-37(44)53-35-23-50-36-30(35)16-19-49-36/h3-5,8-15,21,30-32,35-36,40,43H,6-7,16-20,22-25H2,1-2H3,(H,41,44)/t30-,31-,32+,35-,36+/m0/s1. The molecule has 3 aliphatic rings. The van der Waals surface area contributed by atoms with Gasteiger partial charge in [0.2, 0.25) is 26.8 Å². The van der Waals surface area contributed by atoms with Gasteiger partial charge in [-0.15, -0.1) is 0 Å². The molecule has 17 heteroatoms. The Hall–Kier alpha value is -3.84. The van der Waals surface area contributed by atoms with E-state index < -0.39 is 61.9 Å². The predicted molar refractivity (Wildman–Crippen MR) is 198 cm³/mol. The number of carbonyl (C=O) groups is 1. The number of aliphatic hydroxyl groups is 1. The Bertz CT molecular complexity index is 1990. The number of nitrogens with one attached hydrogen (secondary N) is 2. The summed E-state index contributed by atoms with van der Waals surface area (Å²) in [6.45, 7) is 4.16. The Kier molecular flexibility index (Phi) is 13.0. The molecule has 6 rings (SSSR count). The van der Waals surface area contributed by atoms with Crippen LogP contribution in [0.5, 0.6) is 11.5 Å². The normalized spacial score (nSPS) is 20.6. The molecule has 1 amide bonds. The quantitative estimate of drug-likeness (QED) is 0.157. The first kappa shape index (κ1) is 40.8. The van der Waals surface area contributed by atoms with E-state index in [1.54, 1.807) is 0 Å². The second kappa shape index (κ2) is 17.5. The summed E-state index contributed by atoms with van der Waals surface area (Å²) >= 11 is 0. The van der Waals surface area contributed by atoms with Crippen LogP contribution < -0.4 is 19.5 Å². The van der Waals surface area contributed by atoms with Crippen molar-refractivity contribution in [2.75, 3.05) is 39.6 Å². The zero-order valence-electron chi connectivity index (χ0n) is 30.8. The molecule has 3 N–H and O–H groups in total. The lowest BCUT2D eigenvalue weighted by Crippen LogP contribution is -2.52. The van der Waals surface area contributed by atoms with Crippen LogP contribution in [0.4, 0.5) is 9.18 Å². The van der Waals surface area contributed by atoms with Crippen LogP contribution in [0, 0.1) is 17.2 Å². The fourth-order valence-corrected chi connectivity index (χ4v) is 9.72. The van der Waals surface area contributed by atoms with Crippen LogP contribution in [0.15, 0.2) is 82.6 Å². The van der Waals surface area contributed by atoms with Crippen molar-refractivity contribution in [2.45, 2.75) is 80.3 Å². The third-order valence-corrected chi connectivity index (χ3v) is 13.3. The molecule has 0 spiro atoms. The van der Waals surface area contributed by atoms with E-state index in [1.807, 2.05) is 44.2 Å². The molecule has 0 aliphatic carbocycles. The molecule has 0 bridgehead atoms. The first-order valence-electron chi connectivity index (χ1n) is 18.3. The monoisotopic (exact) mass is 805 g/mol. The van der Waals surface area contributed by atoms with Gasteiger partial charge in [0.1, 0.15) is 11.9 Å². The zero-order valence-corrected chi connectivity index (χ0v) is 32.4. The number of aliphatic hydroxyl groups excluding tert-OH is 1. The van der Waals surface area contributed by atoms with Crippen LogP contribution >= 0.6 is 0 Å². The van der Waals surface area contributed by atoms with Crippen molar-refractivity contribution in [2.24, 2.45) is 11.3 Å². The van der Waals surface area contributed by atoms with Gasteiger partial charge in [0.05, 0.1) is 41.1 Å². The van der Waals surface area contributed by atoms with Crippen molar-refractivity contribution in [3.63, 3.8) is 0 Å². The first-order chi connectivity index (χ1) is 26.2. The average Bonchev–Trinajstić information content (AvgIpc) is 3.90. The van der Waals surface area contributed by atoms with Gasteiger partial charge in [0.15, 0.2) is 17.8 Å². The summed E-state index contributed by atoms with van der Waals surface area (Å²) in [6, 6.07) is 17.1. The van der Waals surface area contributed by atoms with Crippen molar-refractivity contribution in [3.05, 3.63) is 84.2 Å². The number of hydrogen-bond donors (Lipinski definition) is 3. The minimum Gasteiger partial charge on any atom is -0.454 e. The van der Waals surface area contributed by atoms with Crippen molar-refractivity contribution in [3.8, 4) is 11.5 Å². The summed E-state index contributed by atoms with van der Waals surface area (Å²) in [4.78, 5) is 13.2. The van der Waals surface area contributed by atoms with E-state index in [0.29, 0.717) is 38.0 Å². The third kappa shape index (κ3) is 10.5. The van der Waals surface area contributed by atoms with Crippen LogP contribution in [0.2, 0.25) is 0 Å². The molecule has 55 heavy (non-hydrogen) atoms. The van der Waals surface area contributed by atoms with Gasteiger partial charge in [-0.1, -0.05) is 50.6 Å². The van der Waals surface area contributed by atoms with E-state index in [2.05, 4.69) is 10.0 Å². The maximum absolute atomic E-state index is 14.4. The predicted octanol–water partition coefficient (Wildman–Crippen LogP) is 4.18. The van der Waals surface area contributed by atoms with Crippen LogP contribution in [-0.2, 0) is 40.7 Å². The molecule has 0 radical (unpaired) electrons. The second-order valence-electron chi connectivity index (χ2n) is 14.8. The van der Waals surface area contributed by atoms with Crippen LogP contribution in [0.1, 0.15) is 45.1 Å². The van der Waals surface area contributed by atoms with E-state index >= 15 is 0 Å². The number of hydrogen-bond acceptors (Lipinski definition) is 11. The highest BCUT2D eigenvalue weighted by Gasteiger charge is 2.44. The molecule has 3 aromatic rings. The lowest BCUT2D eigenvalue weighted by molar-refractivity contribution is -0.0907. The smallest absolute Gasteiger partial charge is 0.407 e. The third-order valence-electron chi connectivity index (χ3n) is 9.98. The van der Waals surface area contributed by atoms with Crippen LogP contribution in [-0.4, -0.2) is 96.5 Å². The maximum Gasteiger partial charge on any atom is 0.407 e. The van der Waals surface area contributed by atoms with E-state index in [0.717, 1.165) is 17.7 Å². The first-order valence-corrected chi connectivity index (χ1v) is 21.2. The zero-order chi connectivity index (χ0) is 39.2. The molecule has 2 fully saturated rings. The Balaban J connectivity index is 1.16. The van der Waals surface area contributed by atoms with E-state index in [1.165, 1.54) is 34.6 Å². The maximum atomic E-state index is 14.4. The summed E-state index contributed by atoms with van der Waals surface area (Å²) in [5.74, 6) is 0.0555. The SMILES string of the molecule is CC(C)(CCCCNS(=O)(=O)c1ccc(F)cc1)CN(C[C@@H](O)[C@H](Cc1ccccc1)NC(=O)O[C@H]1CO[C@H]2OCC[C@H]21)S(=O)(=O)c1ccc2c(c1)OCO2. The summed E-state index contributed by atoms with van der Waals surface area (Å²) in [7, 11) is -8.09. The highest BCUT2D eigenvalue weighted by atomic mass is 32.2. The topological polar surface area (TPSA) is 179 Å². The summed E-state index contributed by atoms with van der Waals surface area (Å²) in [6.07, 6.45) is -0.723. The Morgan fingerprint density at radius 1 is 0.982 bits per heavy atom. The molecule has 0 unspecified atom stereocenters. The summed E-state index contributed by atoms with van der Waals surface area (Å²) in [5.41, 5.74) is 0.156. The molecule has 3 heterocycles. The van der Waals surface area contributed by atoms with Crippen molar-refractivity contribution in [1.29, 1.82) is 0 Å². The van der Waals surface area contributed by atoms with Gasteiger partial charge in [-0.25, -0.2) is 30.7 Å². The molecule has 3 aromatic carbocycles. The van der Waals surface area contributed by atoms with Crippen LogP contribution in [0.25, 0.3) is 0 Å². The van der Waals surface area contributed by atoms with Crippen molar-refractivity contribution < 1.29 is 54.8 Å². The van der Waals surface area contributed by atoms with Gasteiger partial charge in [-0.2, -0.15) is 4.31 Å². The Labute approximate surface area is 321 Å². The highest BCUT2D eigenvalue weighted by Crippen LogP contribution is 2.36. The van der Waals surface area contributed by atoms with Crippen LogP contribution in [0.3, 0.4) is 0 Å². The molecule has 2 saturated heterocycles. The number of carbonyl (C=O) groups excluding carboxylic acids is 1. The fourth-order valence-electron chi connectivity index (χ4n) is 6.98. The fraction of sp³-hybridized carbons (Fsp3) is 0.500. The average molecular weight is 806 g/mol. The molecule has 0 aromatic heterocycles. The Morgan fingerprint density at radius 2 is 1.71 bits per heavy atom. The number of amides is 1. The summed E-state index contributed by atoms with van der Waals surface area (Å²) < 4.78 is 98.9. The lowest BCUT2D eigenvalue weighted by atomic mass is 9.87. The van der Waals surface area contributed by atoms with E-state index in [4.69, 9.17) is 23.7 Å². The number of ether oxygens (including phenoxy) is 5. The molecule has 300 valence electrons. The van der Waals surface area contributed by atoms with Gasteiger partial charge >= 0.3 is 6.09 Å². The second-order valence-corrected chi connectivity index (χ2v) is 18.5. The molecule has 3 aliphatic heterocycles. The number of rotatable bonds is 18. The number of halogens is 1. The van der Waals surface area contributed by atoms with Gasteiger partial charge in [0, 0.05) is 25.7 Å². The number of nitrogens with zero attached hydrogens (tertiary/aromatic N) is 1. The molecular formula is C38H48FN3O11S2. The number of fused-ring (bicyclic) bond motifs is 2. The number of benzene rings is 3. The molecular weight excluding hydrogens is 758 g/mol. The largest absolute Gasteiger partial charge is 0.454 e. The molecule has 14 nitrogen and oxygen atoms in total. The minimum absolute atomic E-state index is 0.0207. The minimum atomic E-state index is -4.26. The molecule has 5 atom stereocenters. The Morgan fingerprint density at radius 3 is 2.47 bits per heavy atom. The number of unbranched alkanes of at least 4 members (excludes halogenated alkanes) is 1. The van der Waals surface area contributed by atoms with Crippen molar-refractivity contribution >= 4 is 26.1 Å².